The molecule has 0 radical (unpaired) electrons. The number of carbonyl (C=O) groups excluding carboxylic acids is 2. The number of benzene rings is 1. The first-order chi connectivity index (χ1) is 11.6. The minimum absolute atomic E-state index is 0.111. The van der Waals surface area contributed by atoms with Gasteiger partial charge >= 0.3 is 0 Å². The van der Waals surface area contributed by atoms with Crippen molar-refractivity contribution < 1.29 is 9.59 Å². The smallest absolute Gasteiger partial charge is 0.251 e. The fraction of sp³-hybridized carbons (Fsp3) is 0.167. The van der Waals surface area contributed by atoms with Crippen LogP contribution in [0.15, 0.2) is 48.8 Å². The molecule has 3 aromatic rings. The molecule has 3 N–H and O–H groups in total. The van der Waals surface area contributed by atoms with Crippen molar-refractivity contribution in [3.05, 3.63) is 54.4 Å². The van der Waals surface area contributed by atoms with Crippen LogP contribution in [0.5, 0.6) is 0 Å². The van der Waals surface area contributed by atoms with Crippen LogP contribution in [-0.4, -0.2) is 34.9 Å². The van der Waals surface area contributed by atoms with Gasteiger partial charge < -0.3 is 15.6 Å². The molecule has 2 amide bonds. The number of H-pyrrole nitrogens is 1. The summed E-state index contributed by atoms with van der Waals surface area (Å²) < 4.78 is 0. The highest BCUT2D eigenvalue weighted by molar-refractivity contribution is 5.96. The number of aromatic nitrogens is 2. The van der Waals surface area contributed by atoms with E-state index in [-0.39, 0.29) is 11.8 Å². The highest BCUT2D eigenvalue weighted by atomic mass is 16.2. The van der Waals surface area contributed by atoms with Gasteiger partial charge in [-0.05, 0) is 24.3 Å². The van der Waals surface area contributed by atoms with E-state index in [2.05, 4.69) is 20.6 Å². The summed E-state index contributed by atoms with van der Waals surface area (Å²) in [4.78, 5) is 30.4. The molecule has 0 unspecified atom stereocenters. The van der Waals surface area contributed by atoms with Gasteiger partial charge in [0.2, 0.25) is 5.91 Å². The molecule has 0 aliphatic carbocycles. The zero-order valence-corrected chi connectivity index (χ0v) is 13.3. The lowest BCUT2D eigenvalue weighted by molar-refractivity contribution is -0.118. The van der Waals surface area contributed by atoms with Gasteiger partial charge in [-0.3, -0.25) is 14.6 Å². The Morgan fingerprint density at radius 3 is 2.54 bits per heavy atom. The maximum atomic E-state index is 12.1. The summed E-state index contributed by atoms with van der Waals surface area (Å²) in [5.74, 6) is -0.278. The number of aromatic amines is 1. The second-order valence-electron chi connectivity index (χ2n) is 5.41. The Bertz CT molecular complexity index is 868. The molecule has 0 aliphatic rings. The van der Waals surface area contributed by atoms with Gasteiger partial charge in [-0.25, -0.2) is 0 Å². The molecule has 0 spiro atoms. The van der Waals surface area contributed by atoms with Gasteiger partial charge in [-0.2, -0.15) is 0 Å². The number of rotatable bonds is 5. The van der Waals surface area contributed by atoms with E-state index in [1.54, 1.807) is 18.3 Å². The molecular formula is C18H18N4O2. The Kier molecular flexibility index (Phi) is 4.56. The van der Waals surface area contributed by atoms with Gasteiger partial charge in [0.1, 0.15) is 0 Å². The van der Waals surface area contributed by atoms with E-state index in [1.165, 1.54) is 6.92 Å². The van der Waals surface area contributed by atoms with Crippen molar-refractivity contribution in [3.8, 4) is 11.3 Å². The highest BCUT2D eigenvalue weighted by Gasteiger charge is 2.08. The minimum atomic E-state index is -0.167. The summed E-state index contributed by atoms with van der Waals surface area (Å²) >= 11 is 0. The van der Waals surface area contributed by atoms with E-state index in [9.17, 15) is 9.59 Å². The van der Waals surface area contributed by atoms with E-state index in [4.69, 9.17) is 0 Å². The predicted octanol–water partition coefficient (Wildman–Crippen LogP) is 2.10. The molecule has 3 rings (SSSR count). The van der Waals surface area contributed by atoms with Crippen LogP contribution in [0.3, 0.4) is 0 Å². The summed E-state index contributed by atoms with van der Waals surface area (Å²) in [6.45, 7) is 2.25. The van der Waals surface area contributed by atoms with Crippen LogP contribution < -0.4 is 10.6 Å². The van der Waals surface area contributed by atoms with Gasteiger partial charge in [0.05, 0.1) is 5.69 Å². The van der Waals surface area contributed by atoms with Crippen molar-refractivity contribution in [1.29, 1.82) is 0 Å². The molecule has 0 saturated heterocycles. The molecule has 6 nitrogen and oxygen atoms in total. The topological polar surface area (TPSA) is 86.9 Å². The zero-order valence-electron chi connectivity index (χ0n) is 13.3. The quantitative estimate of drug-likeness (QED) is 0.629. The van der Waals surface area contributed by atoms with E-state index in [0.29, 0.717) is 18.7 Å². The Hall–Kier alpha value is -3.15. The highest BCUT2D eigenvalue weighted by Crippen LogP contribution is 2.25. The van der Waals surface area contributed by atoms with Crippen LogP contribution in [-0.2, 0) is 4.79 Å². The first-order valence-corrected chi connectivity index (χ1v) is 7.70. The summed E-state index contributed by atoms with van der Waals surface area (Å²) in [5, 5.41) is 6.44. The van der Waals surface area contributed by atoms with Crippen molar-refractivity contribution in [3.63, 3.8) is 0 Å². The average Bonchev–Trinajstić information content (AvgIpc) is 3.07. The minimum Gasteiger partial charge on any atom is -0.361 e. The van der Waals surface area contributed by atoms with Crippen molar-refractivity contribution in [2.75, 3.05) is 13.1 Å². The Morgan fingerprint density at radius 2 is 1.79 bits per heavy atom. The Labute approximate surface area is 139 Å². The number of fused-ring (bicyclic) bond motifs is 1. The number of amides is 2. The first kappa shape index (κ1) is 15.7. The van der Waals surface area contributed by atoms with Crippen LogP contribution in [0, 0.1) is 0 Å². The van der Waals surface area contributed by atoms with Gasteiger partial charge in [0.25, 0.3) is 5.91 Å². The van der Waals surface area contributed by atoms with Crippen LogP contribution in [0.2, 0.25) is 0 Å². The monoisotopic (exact) mass is 322 g/mol. The number of nitrogens with zero attached hydrogens (tertiary/aromatic N) is 1. The Balaban J connectivity index is 1.70. The zero-order chi connectivity index (χ0) is 16.9. The number of pyridine rings is 1. The number of hydrogen-bond acceptors (Lipinski definition) is 3. The maximum Gasteiger partial charge on any atom is 0.251 e. The van der Waals surface area contributed by atoms with Gasteiger partial charge in [-0.15, -0.1) is 0 Å². The van der Waals surface area contributed by atoms with E-state index < -0.39 is 0 Å². The summed E-state index contributed by atoms with van der Waals surface area (Å²) in [6.07, 6.45) is 3.64. The fourth-order valence-electron chi connectivity index (χ4n) is 2.51. The molecule has 0 bridgehead atoms. The molecule has 122 valence electrons. The first-order valence-electron chi connectivity index (χ1n) is 7.70. The molecule has 6 heteroatoms. The third-order valence-electron chi connectivity index (χ3n) is 3.68. The second-order valence-corrected chi connectivity index (χ2v) is 5.41. The van der Waals surface area contributed by atoms with E-state index >= 15 is 0 Å². The van der Waals surface area contributed by atoms with Crippen LogP contribution in [0.4, 0.5) is 0 Å². The molecule has 0 atom stereocenters. The van der Waals surface area contributed by atoms with Crippen molar-refractivity contribution in [1.82, 2.24) is 20.6 Å². The van der Waals surface area contributed by atoms with Gasteiger partial charge in [0, 0.05) is 54.4 Å². The molecule has 2 heterocycles. The predicted molar refractivity (Wildman–Crippen MR) is 92.5 cm³/mol. The molecule has 2 aromatic heterocycles. The Morgan fingerprint density at radius 1 is 1.04 bits per heavy atom. The number of nitrogens with one attached hydrogen (secondary N) is 3. The lowest BCUT2D eigenvalue weighted by Gasteiger charge is -2.07. The lowest BCUT2D eigenvalue weighted by atomic mass is 10.1. The van der Waals surface area contributed by atoms with Crippen molar-refractivity contribution >= 4 is 22.7 Å². The summed E-state index contributed by atoms with van der Waals surface area (Å²) in [6, 6.07) is 11.2. The lowest BCUT2D eigenvalue weighted by Crippen LogP contribution is -2.33. The normalized spacial score (nSPS) is 10.5. The van der Waals surface area contributed by atoms with Crippen LogP contribution >= 0.6 is 0 Å². The molecule has 0 aliphatic heterocycles. The standard InChI is InChI=1S/C18H18N4O2/c1-12(23)19-10-11-22-18(24)14-4-2-13(3-5-14)17-15-6-8-20-16(15)7-9-21-17/h2-9,20H,10-11H2,1H3,(H,19,23)(H,22,24). The largest absolute Gasteiger partial charge is 0.361 e. The van der Waals surface area contributed by atoms with Gasteiger partial charge in [-0.1, -0.05) is 12.1 Å². The SMILES string of the molecule is CC(=O)NCCNC(=O)c1ccc(-c2nccc3[nH]ccc23)cc1. The maximum absolute atomic E-state index is 12.1. The van der Waals surface area contributed by atoms with Crippen LogP contribution in [0.1, 0.15) is 17.3 Å². The fourth-order valence-corrected chi connectivity index (χ4v) is 2.51. The second kappa shape index (κ2) is 6.95. The number of carbonyl (C=O) groups is 2. The molecular weight excluding hydrogens is 304 g/mol. The molecule has 0 fully saturated rings. The van der Waals surface area contributed by atoms with E-state index in [1.807, 2.05) is 30.5 Å². The summed E-state index contributed by atoms with van der Waals surface area (Å²) in [7, 11) is 0. The van der Waals surface area contributed by atoms with Crippen molar-refractivity contribution in [2.24, 2.45) is 0 Å². The van der Waals surface area contributed by atoms with Crippen LogP contribution in [0.25, 0.3) is 22.2 Å². The average molecular weight is 322 g/mol. The third-order valence-corrected chi connectivity index (χ3v) is 3.68. The summed E-state index contributed by atoms with van der Waals surface area (Å²) in [5.41, 5.74) is 3.43. The van der Waals surface area contributed by atoms with Gasteiger partial charge in [0.15, 0.2) is 0 Å². The van der Waals surface area contributed by atoms with E-state index in [0.717, 1.165) is 22.2 Å². The molecule has 1 aromatic carbocycles. The van der Waals surface area contributed by atoms with Crippen molar-refractivity contribution in [2.45, 2.75) is 6.92 Å². The molecule has 0 saturated carbocycles. The number of hydrogen-bond donors (Lipinski definition) is 3. The third kappa shape index (κ3) is 3.43. The molecule has 24 heavy (non-hydrogen) atoms.